The number of hydrogen-bond donors (Lipinski definition) is 1. The van der Waals surface area contributed by atoms with Gasteiger partial charge >= 0.3 is 0 Å². The number of aromatic nitrogens is 1. The maximum Gasteiger partial charge on any atom is 0.257 e. The van der Waals surface area contributed by atoms with Crippen molar-refractivity contribution in [1.82, 2.24) is 20.1 Å². The smallest absolute Gasteiger partial charge is 0.257 e. The minimum atomic E-state index is -1.58. The number of fused-ring (bicyclic) bond motifs is 2. The van der Waals surface area contributed by atoms with Gasteiger partial charge in [-0.05, 0) is 18.7 Å². The van der Waals surface area contributed by atoms with Crippen LogP contribution < -0.4 is 15.0 Å². The molecule has 3 amide bonds. The third-order valence-electron chi connectivity index (χ3n) is 7.60. The van der Waals surface area contributed by atoms with Gasteiger partial charge in [-0.2, -0.15) is 0 Å². The number of hydrogen-bond acceptors (Lipinski definition) is 8. The number of benzene rings is 1. The maximum atomic E-state index is 15.0. The number of likely N-dealkylation sites (N-methyl/N-ethyl adjacent to an activating group) is 1. The van der Waals surface area contributed by atoms with E-state index in [2.05, 4.69) is 15.2 Å². The molecule has 2 saturated heterocycles. The SMILES string of the molecule is COc1ccc2c(c1F)C(=O)N(C[C@@]1(c3cc4nc(N5CCN(C)CC5)c(F)cc4o3)CC(=O)NC1=O)C2. The number of halogens is 2. The van der Waals surface area contributed by atoms with E-state index in [9.17, 15) is 18.8 Å². The van der Waals surface area contributed by atoms with Crippen LogP contribution in [0.3, 0.4) is 0 Å². The number of imide groups is 1. The summed E-state index contributed by atoms with van der Waals surface area (Å²) in [6.07, 6.45) is -0.286. The van der Waals surface area contributed by atoms with Crippen LogP contribution in [-0.2, 0) is 21.5 Å². The summed E-state index contributed by atoms with van der Waals surface area (Å²) in [4.78, 5) is 48.6. The zero-order valence-corrected chi connectivity index (χ0v) is 20.8. The summed E-state index contributed by atoms with van der Waals surface area (Å²) in [5.74, 6) is -2.94. The van der Waals surface area contributed by atoms with Crippen LogP contribution >= 0.6 is 0 Å². The number of rotatable bonds is 5. The second kappa shape index (κ2) is 8.76. The zero-order chi connectivity index (χ0) is 26.8. The van der Waals surface area contributed by atoms with Crippen LogP contribution in [0.15, 0.2) is 28.7 Å². The summed E-state index contributed by atoms with van der Waals surface area (Å²) >= 11 is 0. The number of piperazine rings is 1. The van der Waals surface area contributed by atoms with E-state index in [1.807, 2.05) is 11.9 Å². The van der Waals surface area contributed by atoms with Gasteiger partial charge in [0.15, 0.2) is 28.8 Å². The molecular weight excluding hydrogens is 500 g/mol. The molecule has 0 saturated carbocycles. The molecule has 5 heterocycles. The maximum absolute atomic E-state index is 15.0. The Bertz CT molecular complexity index is 1500. The average molecular weight is 526 g/mol. The first-order valence-electron chi connectivity index (χ1n) is 12.2. The lowest BCUT2D eigenvalue weighted by Gasteiger charge is -2.33. The first kappa shape index (κ1) is 24.3. The monoisotopic (exact) mass is 525 g/mol. The van der Waals surface area contributed by atoms with E-state index in [4.69, 9.17) is 9.15 Å². The molecule has 198 valence electrons. The van der Waals surface area contributed by atoms with Crippen LogP contribution in [0, 0.1) is 11.6 Å². The average Bonchev–Trinajstić information content (AvgIpc) is 3.53. The molecule has 12 heteroatoms. The van der Waals surface area contributed by atoms with Crippen molar-refractivity contribution < 1.29 is 32.3 Å². The van der Waals surface area contributed by atoms with E-state index < -0.39 is 34.8 Å². The Labute approximate surface area is 216 Å². The Morgan fingerprint density at radius 3 is 2.58 bits per heavy atom. The molecule has 0 unspecified atom stereocenters. The highest BCUT2D eigenvalue weighted by molar-refractivity contribution is 6.10. The molecule has 3 aliphatic rings. The second-order valence-electron chi connectivity index (χ2n) is 9.99. The summed E-state index contributed by atoms with van der Waals surface area (Å²) in [7, 11) is 3.30. The molecule has 1 aromatic carbocycles. The fraction of sp³-hybridized carbons (Fsp3) is 0.385. The van der Waals surface area contributed by atoms with Gasteiger partial charge in [0.05, 0.1) is 19.1 Å². The summed E-state index contributed by atoms with van der Waals surface area (Å²) in [5, 5.41) is 2.29. The zero-order valence-electron chi connectivity index (χ0n) is 20.8. The van der Waals surface area contributed by atoms with Gasteiger partial charge in [-0.25, -0.2) is 13.8 Å². The molecule has 6 rings (SSSR count). The number of anilines is 1. The molecule has 3 aromatic rings. The lowest BCUT2D eigenvalue weighted by atomic mass is 9.82. The number of pyridine rings is 1. The van der Waals surface area contributed by atoms with Crippen LogP contribution in [0.2, 0.25) is 0 Å². The van der Waals surface area contributed by atoms with E-state index >= 15 is 4.39 Å². The number of methoxy groups -OCH3 is 1. The Morgan fingerprint density at radius 1 is 1.13 bits per heavy atom. The van der Waals surface area contributed by atoms with Crippen molar-refractivity contribution in [2.75, 3.05) is 51.8 Å². The van der Waals surface area contributed by atoms with E-state index in [0.717, 1.165) is 13.1 Å². The van der Waals surface area contributed by atoms with Crippen LogP contribution in [0.25, 0.3) is 11.1 Å². The van der Waals surface area contributed by atoms with Crippen LogP contribution in [0.5, 0.6) is 5.75 Å². The highest BCUT2D eigenvalue weighted by Gasteiger charge is 2.53. The third kappa shape index (κ3) is 3.70. The van der Waals surface area contributed by atoms with Crippen molar-refractivity contribution in [3.8, 4) is 5.75 Å². The number of furan rings is 1. The number of nitrogens with zero attached hydrogens (tertiary/aromatic N) is 4. The van der Waals surface area contributed by atoms with Crippen LogP contribution in [0.4, 0.5) is 14.6 Å². The van der Waals surface area contributed by atoms with Gasteiger partial charge in [-0.1, -0.05) is 6.07 Å². The molecule has 0 bridgehead atoms. The lowest BCUT2D eigenvalue weighted by Crippen LogP contribution is -2.46. The van der Waals surface area contributed by atoms with Crippen molar-refractivity contribution >= 4 is 34.6 Å². The van der Waals surface area contributed by atoms with Gasteiger partial charge < -0.3 is 23.9 Å². The molecule has 3 aliphatic heterocycles. The topological polar surface area (TPSA) is 108 Å². The van der Waals surface area contributed by atoms with Crippen molar-refractivity contribution in [2.45, 2.75) is 18.4 Å². The molecule has 0 radical (unpaired) electrons. The molecular formula is C26H25F2N5O5. The number of ether oxygens (including phenoxy) is 1. The van der Waals surface area contributed by atoms with Gasteiger partial charge in [0, 0.05) is 51.4 Å². The van der Waals surface area contributed by atoms with E-state index in [1.54, 1.807) is 6.07 Å². The van der Waals surface area contributed by atoms with Crippen molar-refractivity contribution in [1.29, 1.82) is 0 Å². The highest BCUT2D eigenvalue weighted by atomic mass is 19.1. The van der Waals surface area contributed by atoms with Gasteiger partial charge in [0.1, 0.15) is 16.7 Å². The summed E-state index contributed by atoms with van der Waals surface area (Å²) < 4.78 is 40.8. The van der Waals surface area contributed by atoms with Gasteiger partial charge in [-0.3, -0.25) is 19.7 Å². The molecule has 2 aromatic heterocycles. The van der Waals surface area contributed by atoms with Crippen molar-refractivity contribution in [3.63, 3.8) is 0 Å². The molecule has 0 spiro atoms. The number of carbonyl (C=O) groups is 3. The summed E-state index contributed by atoms with van der Waals surface area (Å²) in [6, 6.07) is 5.77. The fourth-order valence-electron chi connectivity index (χ4n) is 5.47. The molecule has 0 aliphatic carbocycles. The minimum absolute atomic E-state index is 0.0406. The molecule has 1 atom stereocenters. The third-order valence-corrected chi connectivity index (χ3v) is 7.60. The number of nitrogens with one attached hydrogen (secondary N) is 1. The van der Waals surface area contributed by atoms with Crippen LogP contribution in [0.1, 0.15) is 28.1 Å². The quantitative estimate of drug-likeness (QED) is 0.503. The number of amides is 3. The van der Waals surface area contributed by atoms with Gasteiger partial charge in [-0.15, -0.1) is 0 Å². The summed E-state index contributed by atoms with van der Waals surface area (Å²) in [6.45, 7) is 2.54. The first-order valence-corrected chi connectivity index (χ1v) is 12.2. The first-order chi connectivity index (χ1) is 18.2. The molecule has 10 nitrogen and oxygen atoms in total. The van der Waals surface area contributed by atoms with Gasteiger partial charge in [0.25, 0.3) is 5.91 Å². The predicted molar refractivity (Wildman–Crippen MR) is 131 cm³/mol. The molecule has 1 N–H and O–H groups in total. The second-order valence-corrected chi connectivity index (χ2v) is 9.99. The van der Waals surface area contributed by atoms with Crippen LogP contribution in [-0.4, -0.2) is 79.4 Å². The molecule has 38 heavy (non-hydrogen) atoms. The molecule has 2 fully saturated rings. The highest BCUT2D eigenvalue weighted by Crippen LogP contribution is 2.40. The number of carbonyl (C=O) groups excluding carboxylic acids is 3. The largest absolute Gasteiger partial charge is 0.494 e. The van der Waals surface area contributed by atoms with Crippen molar-refractivity contribution in [3.05, 3.63) is 52.8 Å². The van der Waals surface area contributed by atoms with E-state index in [-0.39, 0.29) is 48.0 Å². The van der Waals surface area contributed by atoms with Crippen molar-refractivity contribution in [2.24, 2.45) is 0 Å². The Balaban J connectivity index is 1.37. The fourth-order valence-corrected chi connectivity index (χ4v) is 5.47. The van der Waals surface area contributed by atoms with E-state index in [1.165, 1.54) is 30.2 Å². The van der Waals surface area contributed by atoms with E-state index in [0.29, 0.717) is 24.2 Å². The standard InChI is InChI=1S/C26H25F2N5O5/c1-31-5-7-32(8-6-31)23-15(27)9-18-16(29-23)10-19(38-18)26(11-20(34)30-25(26)36)13-33-12-14-3-4-17(37-2)22(28)21(14)24(33)35/h3-4,9-10H,5-8,11-13H2,1-2H3,(H,30,34,36)/t26-/m1/s1. The lowest BCUT2D eigenvalue weighted by molar-refractivity contribution is -0.127. The Hall–Kier alpha value is -4.06. The normalized spacial score (nSPS) is 21.9. The minimum Gasteiger partial charge on any atom is -0.494 e. The Morgan fingerprint density at radius 2 is 1.89 bits per heavy atom. The predicted octanol–water partition coefficient (Wildman–Crippen LogP) is 1.81. The Kier molecular flexibility index (Phi) is 5.60. The summed E-state index contributed by atoms with van der Waals surface area (Å²) in [5.41, 5.74) is -0.823. The van der Waals surface area contributed by atoms with Gasteiger partial charge in [0.2, 0.25) is 11.8 Å².